The Kier molecular flexibility index (Phi) is 5.89. The van der Waals surface area contributed by atoms with Crippen LogP contribution in [-0.4, -0.2) is 47.8 Å². The molecule has 0 amide bonds. The third kappa shape index (κ3) is 4.51. The van der Waals surface area contributed by atoms with E-state index in [1.807, 2.05) is 6.07 Å². The molecule has 4 nitrogen and oxygen atoms in total. The number of hydrogen-bond donors (Lipinski definition) is 2. The molecule has 1 fully saturated rings. The first-order valence-corrected chi connectivity index (χ1v) is 7.50. The van der Waals surface area contributed by atoms with Gasteiger partial charge < -0.3 is 14.8 Å². The number of ether oxygens (including phenoxy) is 1. The first kappa shape index (κ1) is 15.4. The lowest BCUT2D eigenvalue weighted by Crippen LogP contribution is -2.36. The summed E-state index contributed by atoms with van der Waals surface area (Å²) in [5.41, 5.74) is 0.464. The molecule has 1 unspecified atom stereocenters. The van der Waals surface area contributed by atoms with Crippen LogP contribution >= 0.6 is 0 Å². The van der Waals surface area contributed by atoms with Crippen molar-refractivity contribution >= 4 is 12.6 Å². The van der Waals surface area contributed by atoms with Gasteiger partial charge in [0.05, 0.1) is 0 Å². The summed E-state index contributed by atoms with van der Waals surface area (Å²) in [5, 5.41) is 18.3. The van der Waals surface area contributed by atoms with Crippen molar-refractivity contribution in [1.29, 1.82) is 0 Å². The van der Waals surface area contributed by atoms with Gasteiger partial charge in [0.25, 0.3) is 0 Å². The second-order valence-electron chi connectivity index (χ2n) is 5.53. The lowest BCUT2D eigenvalue weighted by Gasteiger charge is -2.26. The zero-order chi connectivity index (χ0) is 14.4. The minimum Gasteiger partial charge on any atom is -0.492 e. The molecule has 1 atom stereocenters. The molecule has 1 aliphatic rings. The van der Waals surface area contributed by atoms with E-state index in [9.17, 15) is 0 Å². The summed E-state index contributed by atoms with van der Waals surface area (Å²) in [5.74, 6) is 0.693. The highest BCUT2D eigenvalue weighted by molar-refractivity contribution is 6.58. The van der Waals surface area contributed by atoms with E-state index in [0.29, 0.717) is 23.9 Å². The Morgan fingerprint density at radius 1 is 1.30 bits per heavy atom. The monoisotopic (exact) mass is 277 g/mol. The minimum absolute atomic E-state index is 0.464. The van der Waals surface area contributed by atoms with Crippen LogP contribution in [0.4, 0.5) is 0 Å². The predicted molar refractivity (Wildman–Crippen MR) is 81.3 cm³/mol. The number of likely N-dealkylation sites (tertiary alicyclic amines) is 1. The average Bonchev–Trinajstić information content (AvgIpc) is 2.64. The number of hydrogen-bond acceptors (Lipinski definition) is 4. The average molecular weight is 277 g/mol. The molecule has 0 radical (unpaired) electrons. The Bertz CT molecular complexity index is 414. The molecular weight excluding hydrogens is 253 g/mol. The zero-order valence-electron chi connectivity index (χ0n) is 12.2. The summed E-state index contributed by atoms with van der Waals surface area (Å²) in [6.07, 6.45) is 5.20. The molecule has 1 aromatic carbocycles. The van der Waals surface area contributed by atoms with E-state index >= 15 is 0 Å². The van der Waals surface area contributed by atoms with Crippen LogP contribution < -0.4 is 10.2 Å². The molecule has 5 heteroatoms. The minimum atomic E-state index is -1.44. The second-order valence-corrected chi connectivity index (χ2v) is 5.53. The first-order valence-electron chi connectivity index (χ1n) is 7.50. The second kappa shape index (κ2) is 7.67. The van der Waals surface area contributed by atoms with E-state index < -0.39 is 7.12 Å². The largest absolute Gasteiger partial charge is 0.492 e. The van der Waals surface area contributed by atoms with Gasteiger partial charge >= 0.3 is 7.12 Å². The van der Waals surface area contributed by atoms with Gasteiger partial charge in [-0.2, -0.15) is 0 Å². The Hall–Kier alpha value is -1.04. The van der Waals surface area contributed by atoms with Crippen molar-refractivity contribution in [3.8, 4) is 5.75 Å². The van der Waals surface area contributed by atoms with Crippen LogP contribution in [0.15, 0.2) is 24.3 Å². The molecular formula is C15H24BNO3. The quantitative estimate of drug-likeness (QED) is 0.789. The topological polar surface area (TPSA) is 52.9 Å². The van der Waals surface area contributed by atoms with Crippen LogP contribution in [0.2, 0.25) is 0 Å². The van der Waals surface area contributed by atoms with Crippen molar-refractivity contribution in [2.75, 3.05) is 19.7 Å². The number of nitrogens with zero attached hydrogens (tertiary/aromatic N) is 1. The molecule has 110 valence electrons. The summed E-state index contributed by atoms with van der Waals surface area (Å²) in [6.45, 7) is 5.00. The molecule has 20 heavy (non-hydrogen) atoms. The molecule has 1 aliphatic heterocycles. The zero-order valence-corrected chi connectivity index (χ0v) is 12.2. The summed E-state index contributed by atoms with van der Waals surface area (Å²) < 4.78 is 5.72. The fraction of sp³-hybridized carbons (Fsp3) is 0.600. The fourth-order valence-electron chi connectivity index (χ4n) is 2.71. The van der Waals surface area contributed by atoms with E-state index in [1.54, 1.807) is 18.2 Å². The van der Waals surface area contributed by atoms with Gasteiger partial charge in [-0.15, -0.1) is 0 Å². The summed E-state index contributed by atoms with van der Waals surface area (Å²) in [7, 11) is -1.44. The van der Waals surface area contributed by atoms with Gasteiger partial charge in [0.2, 0.25) is 0 Å². The molecule has 2 rings (SSSR count). The predicted octanol–water partition coefficient (Wildman–Crippen LogP) is 1.01. The maximum Gasteiger partial charge on any atom is 0.488 e. The van der Waals surface area contributed by atoms with Crippen molar-refractivity contribution in [3.05, 3.63) is 24.3 Å². The van der Waals surface area contributed by atoms with E-state index in [4.69, 9.17) is 14.8 Å². The van der Waals surface area contributed by atoms with Crippen molar-refractivity contribution in [2.45, 2.75) is 38.6 Å². The molecule has 1 heterocycles. The Morgan fingerprint density at radius 3 is 2.95 bits per heavy atom. The van der Waals surface area contributed by atoms with Gasteiger partial charge in [-0.25, -0.2) is 0 Å². The van der Waals surface area contributed by atoms with Gasteiger partial charge in [0, 0.05) is 12.6 Å². The third-order valence-electron chi connectivity index (χ3n) is 3.99. The maximum atomic E-state index is 9.14. The van der Waals surface area contributed by atoms with Gasteiger partial charge in [-0.1, -0.05) is 25.0 Å². The van der Waals surface area contributed by atoms with Crippen LogP contribution in [0, 0.1) is 0 Å². The van der Waals surface area contributed by atoms with E-state index in [2.05, 4.69) is 11.8 Å². The molecule has 0 saturated carbocycles. The third-order valence-corrected chi connectivity index (χ3v) is 3.99. The Balaban J connectivity index is 1.81. The standard InChI is InChI=1S/C15H24BNO3/c1-13-6-3-2-4-9-17(13)10-11-20-15-8-5-7-14(12-15)16(18)19/h5,7-8,12-13,18-19H,2-4,6,9-11H2,1H3. The number of benzene rings is 1. The van der Waals surface area contributed by atoms with E-state index in [0.717, 1.165) is 13.1 Å². The Labute approximate surface area is 121 Å². The molecule has 0 spiro atoms. The molecule has 0 aromatic heterocycles. The van der Waals surface area contributed by atoms with E-state index in [-0.39, 0.29) is 0 Å². The van der Waals surface area contributed by atoms with Crippen LogP contribution in [0.5, 0.6) is 5.75 Å². The number of rotatable bonds is 5. The van der Waals surface area contributed by atoms with Crippen LogP contribution in [0.1, 0.15) is 32.6 Å². The molecule has 0 bridgehead atoms. The van der Waals surface area contributed by atoms with Crippen molar-refractivity contribution in [1.82, 2.24) is 4.90 Å². The van der Waals surface area contributed by atoms with E-state index in [1.165, 1.54) is 25.7 Å². The van der Waals surface area contributed by atoms with Gasteiger partial charge in [-0.05, 0) is 43.9 Å². The lowest BCUT2D eigenvalue weighted by molar-refractivity contribution is 0.171. The van der Waals surface area contributed by atoms with Gasteiger partial charge in [0.15, 0.2) is 0 Å². The normalized spacial score (nSPS) is 20.4. The van der Waals surface area contributed by atoms with Gasteiger partial charge in [-0.3, -0.25) is 4.90 Å². The van der Waals surface area contributed by atoms with Crippen LogP contribution in [-0.2, 0) is 0 Å². The highest BCUT2D eigenvalue weighted by Gasteiger charge is 2.16. The van der Waals surface area contributed by atoms with Crippen molar-refractivity contribution < 1.29 is 14.8 Å². The SMILES string of the molecule is CC1CCCCCN1CCOc1cccc(B(O)O)c1. The lowest BCUT2D eigenvalue weighted by atomic mass is 9.80. The Morgan fingerprint density at radius 2 is 2.15 bits per heavy atom. The van der Waals surface area contributed by atoms with Gasteiger partial charge in [0.1, 0.15) is 12.4 Å². The molecule has 0 aliphatic carbocycles. The summed E-state index contributed by atoms with van der Waals surface area (Å²) in [6, 6.07) is 7.60. The molecule has 1 aromatic rings. The van der Waals surface area contributed by atoms with Crippen molar-refractivity contribution in [3.63, 3.8) is 0 Å². The fourth-order valence-corrected chi connectivity index (χ4v) is 2.71. The van der Waals surface area contributed by atoms with Crippen LogP contribution in [0.3, 0.4) is 0 Å². The first-order chi connectivity index (χ1) is 9.66. The maximum absolute atomic E-state index is 9.14. The van der Waals surface area contributed by atoms with Crippen molar-refractivity contribution in [2.24, 2.45) is 0 Å². The van der Waals surface area contributed by atoms with Crippen LogP contribution in [0.25, 0.3) is 0 Å². The summed E-state index contributed by atoms with van der Waals surface area (Å²) >= 11 is 0. The highest BCUT2D eigenvalue weighted by Crippen LogP contribution is 2.16. The highest BCUT2D eigenvalue weighted by atomic mass is 16.5. The molecule has 1 saturated heterocycles. The smallest absolute Gasteiger partial charge is 0.488 e. The molecule has 2 N–H and O–H groups in total. The summed E-state index contributed by atoms with van der Waals surface area (Å²) in [4.78, 5) is 2.48.